The molecule has 1 atom stereocenters. The van der Waals surface area contributed by atoms with Crippen LogP contribution in [0.2, 0.25) is 0 Å². The van der Waals surface area contributed by atoms with Crippen molar-refractivity contribution in [3.05, 3.63) is 64.2 Å². The van der Waals surface area contributed by atoms with Crippen LogP contribution in [0.4, 0.5) is 17.1 Å². The molecule has 0 radical (unpaired) electrons. The number of nitro groups is 1. The van der Waals surface area contributed by atoms with E-state index in [4.69, 9.17) is 0 Å². The summed E-state index contributed by atoms with van der Waals surface area (Å²) in [7, 11) is 1.26. The number of benzene rings is 2. The van der Waals surface area contributed by atoms with Gasteiger partial charge in [-0.2, -0.15) is 0 Å². The summed E-state index contributed by atoms with van der Waals surface area (Å²) in [6, 6.07) is 11.4. The Morgan fingerprint density at radius 1 is 1.00 bits per heavy atom. The van der Waals surface area contributed by atoms with E-state index < -0.39 is 28.7 Å². The van der Waals surface area contributed by atoms with Crippen molar-refractivity contribution in [3.63, 3.8) is 0 Å². The first-order valence-corrected chi connectivity index (χ1v) is 11.3. The number of amides is 3. The lowest BCUT2D eigenvalue weighted by Gasteiger charge is -2.36. The second-order valence-electron chi connectivity index (χ2n) is 8.38. The number of carbonyl (C=O) groups excluding carboxylic acids is 4. The highest BCUT2D eigenvalue weighted by atomic mass is 16.6. The van der Waals surface area contributed by atoms with Gasteiger partial charge < -0.3 is 14.5 Å². The molecule has 1 N–H and O–H groups in total. The number of hydrogen-bond acceptors (Lipinski definition) is 9. The molecule has 3 amide bonds. The molecule has 0 spiro atoms. The molecule has 2 aromatic rings. The Hall–Kier alpha value is -4.32. The molecule has 0 bridgehead atoms. The minimum atomic E-state index is -0.817. The van der Waals surface area contributed by atoms with Crippen LogP contribution in [0.5, 0.6) is 0 Å². The number of nitrogens with zero attached hydrogens (tertiary/aromatic N) is 4. The molecule has 2 aromatic carbocycles. The highest BCUT2D eigenvalue weighted by molar-refractivity contribution is 6.22. The van der Waals surface area contributed by atoms with Gasteiger partial charge in [-0.1, -0.05) is 0 Å². The van der Waals surface area contributed by atoms with Crippen molar-refractivity contribution in [2.45, 2.75) is 12.5 Å². The van der Waals surface area contributed by atoms with Crippen molar-refractivity contribution in [2.75, 3.05) is 49.6 Å². The van der Waals surface area contributed by atoms with Crippen LogP contribution in [0.1, 0.15) is 16.8 Å². The SMILES string of the molecule is COC(=O)c1ccc(N2C(=O)C[C@H](NCC(=O)N3CCN(c4ccc([N+](=O)[O-])cc4)CC3)C2=O)cc1. The van der Waals surface area contributed by atoms with E-state index in [1.54, 1.807) is 17.0 Å². The third-order valence-corrected chi connectivity index (χ3v) is 6.25. The van der Waals surface area contributed by atoms with E-state index in [1.165, 1.54) is 43.5 Å². The quantitative estimate of drug-likeness (QED) is 0.257. The highest BCUT2D eigenvalue weighted by Crippen LogP contribution is 2.24. The highest BCUT2D eigenvalue weighted by Gasteiger charge is 2.39. The van der Waals surface area contributed by atoms with Crippen LogP contribution >= 0.6 is 0 Å². The Labute approximate surface area is 206 Å². The average molecular weight is 495 g/mol. The van der Waals surface area contributed by atoms with Crippen LogP contribution in [0.3, 0.4) is 0 Å². The van der Waals surface area contributed by atoms with Crippen LogP contribution in [0, 0.1) is 10.1 Å². The number of nitrogens with one attached hydrogen (secondary N) is 1. The molecule has 2 fully saturated rings. The first-order valence-electron chi connectivity index (χ1n) is 11.3. The van der Waals surface area contributed by atoms with E-state index in [0.29, 0.717) is 37.4 Å². The fourth-order valence-corrected chi connectivity index (χ4v) is 4.25. The number of anilines is 2. The summed E-state index contributed by atoms with van der Waals surface area (Å²) >= 11 is 0. The van der Waals surface area contributed by atoms with Gasteiger partial charge in [0.2, 0.25) is 11.8 Å². The predicted molar refractivity (Wildman–Crippen MR) is 129 cm³/mol. The van der Waals surface area contributed by atoms with Gasteiger partial charge in [-0.25, -0.2) is 9.69 Å². The molecule has 0 aliphatic carbocycles. The first kappa shape index (κ1) is 24.8. The number of nitro benzene ring substituents is 1. The van der Waals surface area contributed by atoms with Gasteiger partial charge in [0.15, 0.2) is 0 Å². The topological polar surface area (TPSA) is 142 Å². The lowest BCUT2D eigenvalue weighted by Crippen LogP contribution is -2.52. The third-order valence-electron chi connectivity index (χ3n) is 6.25. The monoisotopic (exact) mass is 495 g/mol. The molecule has 4 rings (SSSR count). The number of imide groups is 1. The van der Waals surface area contributed by atoms with E-state index in [2.05, 4.69) is 10.1 Å². The van der Waals surface area contributed by atoms with Crippen molar-refractivity contribution in [1.82, 2.24) is 10.2 Å². The molecule has 188 valence electrons. The summed E-state index contributed by atoms with van der Waals surface area (Å²) < 4.78 is 4.65. The summed E-state index contributed by atoms with van der Waals surface area (Å²) in [6.07, 6.45) is -0.0706. The molecular formula is C24H25N5O7. The van der Waals surface area contributed by atoms with Crippen LogP contribution in [0.15, 0.2) is 48.5 Å². The number of rotatable bonds is 7. The number of carbonyl (C=O) groups is 4. The summed E-state index contributed by atoms with van der Waals surface area (Å²) in [5, 5.41) is 13.7. The normalized spacial score (nSPS) is 17.9. The maximum atomic E-state index is 12.8. The Bertz CT molecular complexity index is 1170. The number of hydrogen-bond donors (Lipinski definition) is 1. The van der Waals surface area contributed by atoms with Gasteiger partial charge in [0.05, 0.1) is 42.3 Å². The van der Waals surface area contributed by atoms with E-state index in [-0.39, 0.29) is 24.6 Å². The molecule has 36 heavy (non-hydrogen) atoms. The molecule has 12 heteroatoms. The Morgan fingerprint density at radius 2 is 1.61 bits per heavy atom. The molecular weight excluding hydrogens is 470 g/mol. The molecule has 2 aliphatic rings. The van der Waals surface area contributed by atoms with Crippen LogP contribution in [0.25, 0.3) is 0 Å². The zero-order valence-corrected chi connectivity index (χ0v) is 19.6. The standard InChI is InChI=1S/C24H25N5O7/c1-36-24(33)16-2-4-18(5-3-16)28-21(30)14-20(23(28)32)25-15-22(31)27-12-10-26(11-13-27)17-6-8-19(9-7-17)29(34)35/h2-9,20,25H,10-15H2,1H3/t20-/m0/s1. The van der Waals surface area contributed by atoms with Gasteiger partial charge in [0.1, 0.15) is 0 Å². The van der Waals surface area contributed by atoms with Crippen LogP contribution in [-0.2, 0) is 19.1 Å². The van der Waals surface area contributed by atoms with Crippen molar-refractivity contribution in [1.29, 1.82) is 0 Å². The first-order chi connectivity index (χ1) is 17.3. The molecule has 12 nitrogen and oxygen atoms in total. The summed E-state index contributed by atoms with van der Waals surface area (Å²) in [5.41, 5.74) is 1.51. The number of ether oxygens (including phenoxy) is 1. The molecule has 0 unspecified atom stereocenters. The van der Waals surface area contributed by atoms with Crippen molar-refractivity contribution in [3.8, 4) is 0 Å². The second kappa shape index (κ2) is 10.5. The average Bonchev–Trinajstić information content (AvgIpc) is 3.19. The largest absolute Gasteiger partial charge is 0.465 e. The molecule has 0 aromatic heterocycles. The van der Waals surface area contributed by atoms with Crippen molar-refractivity contribution in [2.24, 2.45) is 0 Å². The number of piperazine rings is 1. The van der Waals surface area contributed by atoms with Gasteiger partial charge in [-0.15, -0.1) is 0 Å². The Balaban J connectivity index is 1.28. The van der Waals surface area contributed by atoms with E-state index >= 15 is 0 Å². The molecule has 2 heterocycles. The predicted octanol–water partition coefficient (Wildman–Crippen LogP) is 0.952. The minimum Gasteiger partial charge on any atom is -0.465 e. The zero-order valence-electron chi connectivity index (χ0n) is 19.6. The van der Waals surface area contributed by atoms with E-state index in [0.717, 1.165) is 10.6 Å². The maximum absolute atomic E-state index is 12.8. The van der Waals surface area contributed by atoms with Crippen molar-refractivity contribution < 1.29 is 28.8 Å². The van der Waals surface area contributed by atoms with Crippen LogP contribution < -0.4 is 15.1 Å². The van der Waals surface area contributed by atoms with Gasteiger partial charge in [-0.05, 0) is 36.4 Å². The fourth-order valence-electron chi connectivity index (χ4n) is 4.25. The number of non-ortho nitro benzene ring substituents is 1. The summed E-state index contributed by atoms with van der Waals surface area (Å²) in [4.78, 5) is 64.7. The lowest BCUT2D eigenvalue weighted by molar-refractivity contribution is -0.384. The summed E-state index contributed by atoms with van der Waals surface area (Å²) in [6.45, 7) is 1.98. The zero-order chi connectivity index (χ0) is 25.8. The van der Waals surface area contributed by atoms with Crippen LogP contribution in [-0.4, -0.2) is 79.4 Å². The van der Waals surface area contributed by atoms with Crippen molar-refractivity contribution >= 4 is 40.8 Å². The maximum Gasteiger partial charge on any atom is 0.337 e. The second-order valence-corrected chi connectivity index (χ2v) is 8.38. The van der Waals surface area contributed by atoms with Gasteiger partial charge in [-0.3, -0.25) is 29.8 Å². The van der Waals surface area contributed by atoms with Gasteiger partial charge >= 0.3 is 5.97 Å². The Morgan fingerprint density at radius 3 is 2.19 bits per heavy atom. The number of methoxy groups -OCH3 is 1. The molecule has 2 aliphatic heterocycles. The summed E-state index contributed by atoms with van der Waals surface area (Å²) in [5.74, 6) is -1.55. The number of esters is 1. The van der Waals surface area contributed by atoms with Gasteiger partial charge in [0.25, 0.3) is 11.6 Å². The lowest BCUT2D eigenvalue weighted by atomic mass is 10.2. The third kappa shape index (κ3) is 5.18. The molecule has 2 saturated heterocycles. The smallest absolute Gasteiger partial charge is 0.337 e. The van der Waals surface area contributed by atoms with Gasteiger partial charge in [0, 0.05) is 44.0 Å². The Kier molecular flexibility index (Phi) is 7.25. The van der Waals surface area contributed by atoms with E-state index in [9.17, 15) is 29.3 Å². The minimum absolute atomic E-state index is 0.0235. The fraction of sp³-hybridized carbons (Fsp3) is 0.333. The molecule has 0 saturated carbocycles. The van der Waals surface area contributed by atoms with E-state index in [1.807, 2.05) is 4.90 Å².